The first-order valence-corrected chi connectivity index (χ1v) is 8.25. The first-order chi connectivity index (χ1) is 8.57. The summed E-state index contributed by atoms with van der Waals surface area (Å²) < 4.78 is 25.8. The number of rotatable bonds is 5. The van der Waals surface area contributed by atoms with Gasteiger partial charge in [0.1, 0.15) is 5.84 Å². The van der Waals surface area contributed by atoms with Crippen LogP contribution in [0.1, 0.15) is 27.7 Å². The molecular formula is C12H26N4O2S. The number of hydrogen-bond acceptors (Lipinski definition) is 4. The molecule has 1 heterocycles. The molecule has 3 N–H and O–H groups in total. The molecule has 0 amide bonds. The molecule has 1 fully saturated rings. The minimum atomic E-state index is -3.15. The average Bonchev–Trinajstić information content (AvgIpc) is 2.27. The van der Waals surface area contributed by atoms with Gasteiger partial charge in [0, 0.05) is 26.2 Å². The third kappa shape index (κ3) is 3.90. The van der Waals surface area contributed by atoms with E-state index < -0.39 is 15.6 Å². The fourth-order valence-electron chi connectivity index (χ4n) is 2.22. The van der Waals surface area contributed by atoms with Gasteiger partial charge in [-0.05, 0) is 19.8 Å². The van der Waals surface area contributed by atoms with Crippen LogP contribution in [0.25, 0.3) is 0 Å². The van der Waals surface area contributed by atoms with Gasteiger partial charge < -0.3 is 5.73 Å². The number of amidine groups is 1. The standard InChI is InChI=1S/C12H26N4O2S/c1-10(2)9-19(17,18)16-7-5-15(6-8-16)12(3,4)11(13)14/h10H,5-9H2,1-4H3,(H3,13,14). The van der Waals surface area contributed by atoms with Gasteiger partial charge in [-0.25, -0.2) is 8.42 Å². The molecule has 0 spiro atoms. The van der Waals surface area contributed by atoms with Crippen LogP contribution in [0.3, 0.4) is 0 Å². The Morgan fingerprint density at radius 1 is 1.26 bits per heavy atom. The second kappa shape index (κ2) is 5.76. The highest BCUT2D eigenvalue weighted by molar-refractivity contribution is 7.89. The van der Waals surface area contributed by atoms with Gasteiger partial charge in [-0.3, -0.25) is 10.3 Å². The van der Waals surface area contributed by atoms with E-state index in [1.165, 1.54) is 0 Å². The zero-order valence-electron chi connectivity index (χ0n) is 12.3. The summed E-state index contributed by atoms with van der Waals surface area (Å²) >= 11 is 0. The number of hydrogen-bond donors (Lipinski definition) is 2. The van der Waals surface area contributed by atoms with Crippen LogP contribution in [-0.2, 0) is 10.0 Å². The smallest absolute Gasteiger partial charge is 0.214 e. The highest BCUT2D eigenvalue weighted by atomic mass is 32.2. The van der Waals surface area contributed by atoms with E-state index in [-0.39, 0.29) is 17.5 Å². The summed E-state index contributed by atoms with van der Waals surface area (Å²) in [4.78, 5) is 2.07. The van der Waals surface area contributed by atoms with E-state index in [9.17, 15) is 8.42 Å². The van der Waals surface area contributed by atoms with E-state index in [4.69, 9.17) is 11.1 Å². The van der Waals surface area contributed by atoms with Crippen LogP contribution >= 0.6 is 0 Å². The van der Waals surface area contributed by atoms with Gasteiger partial charge in [0.25, 0.3) is 0 Å². The lowest BCUT2D eigenvalue weighted by Crippen LogP contribution is -2.60. The van der Waals surface area contributed by atoms with E-state index in [2.05, 4.69) is 4.90 Å². The van der Waals surface area contributed by atoms with Crippen molar-refractivity contribution in [2.45, 2.75) is 33.2 Å². The Hall–Kier alpha value is -0.660. The summed E-state index contributed by atoms with van der Waals surface area (Å²) in [7, 11) is -3.15. The Morgan fingerprint density at radius 3 is 2.11 bits per heavy atom. The Bertz CT molecular complexity index is 423. The largest absolute Gasteiger partial charge is 0.386 e. The molecule has 0 aromatic carbocycles. The topological polar surface area (TPSA) is 90.5 Å². The SMILES string of the molecule is CC(C)CS(=O)(=O)N1CCN(C(C)(C)C(=N)N)CC1. The van der Waals surface area contributed by atoms with Crippen LogP contribution in [0.5, 0.6) is 0 Å². The Balaban J connectivity index is 2.66. The Kier molecular flexibility index (Phi) is 4.97. The van der Waals surface area contributed by atoms with Gasteiger partial charge in [0.2, 0.25) is 10.0 Å². The van der Waals surface area contributed by atoms with Crippen molar-refractivity contribution in [3.05, 3.63) is 0 Å². The lowest BCUT2D eigenvalue weighted by molar-refractivity contribution is 0.121. The van der Waals surface area contributed by atoms with E-state index in [0.717, 1.165) is 0 Å². The van der Waals surface area contributed by atoms with Crippen LogP contribution in [0, 0.1) is 11.3 Å². The molecule has 0 saturated carbocycles. The van der Waals surface area contributed by atoms with Gasteiger partial charge in [-0.15, -0.1) is 0 Å². The molecule has 1 saturated heterocycles. The second-order valence-electron chi connectivity index (χ2n) is 6.03. The van der Waals surface area contributed by atoms with Crippen molar-refractivity contribution in [3.63, 3.8) is 0 Å². The maximum Gasteiger partial charge on any atom is 0.214 e. The molecule has 1 aliphatic rings. The summed E-state index contributed by atoms with van der Waals surface area (Å²) in [6, 6.07) is 0. The van der Waals surface area contributed by atoms with Crippen LogP contribution in [-0.4, -0.2) is 60.9 Å². The number of piperazine rings is 1. The van der Waals surface area contributed by atoms with Crippen molar-refractivity contribution in [3.8, 4) is 0 Å². The predicted octanol–water partition coefficient (Wildman–Crippen LogP) is 0.304. The van der Waals surface area contributed by atoms with Crippen LogP contribution in [0.15, 0.2) is 0 Å². The molecule has 0 aromatic heterocycles. The van der Waals surface area contributed by atoms with Gasteiger partial charge in [0.05, 0.1) is 11.3 Å². The molecule has 112 valence electrons. The molecule has 0 unspecified atom stereocenters. The van der Waals surface area contributed by atoms with Crippen LogP contribution < -0.4 is 5.73 Å². The Morgan fingerprint density at radius 2 is 1.74 bits per heavy atom. The lowest BCUT2D eigenvalue weighted by atomic mass is 10.0. The molecule has 1 aliphatic heterocycles. The summed E-state index contributed by atoms with van der Waals surface area (Å²) in [6.45, 7) is 9.80. The molecule has 0 radical (unpaired) electrons. The summed E-state index contributed by atoms with van der Waals surface area (Å²) in [5.74, 6) is 0.450. The Labute approximate surface area is 116 Å². The predicted molar refractivity (Wildman–Crippen MR) is 77.8 cm³/mol. The maximum atomic E-state index is 12.1. The molecule has 6 nitrogen and oxygen atoms in total. The van der Waals surface area contributed by atoms with Crippen LogP contribution in [0.4, 0.5) is 0 Å². The van der Waals surface area contributed by atoms with Crippen LogP contribution in [0.2, 0.25) is 0 Å². The zero-order valence-corrected chi connectivity index (χ0v) is 13.1. The normalized spacial score (nSPS) is 19.8. The fourth-order valence-corrected chi connectivity index (χ4v) is 4.00. The number of nitrogens with zero attached hydrogens (tertiary/aromatic N) is 2. The molecule has 0 atom stereocenters. The highest BCUT2D eigenvalue weighted by Gasteiger charge is 2.35. The van der Waals surface area contributed by atoms with Crippen molar-refractivity contribution < 1.29 is 8.42 Å². The highest BCUT2D eigenvalue weighted by Crippen LogP contribution is 2.19. The van der Waals surface area contributed by atoms with Crippen molar-refractivity contribution in [2.75, 3.05) is 31.9 Å². The first kappa shape index (κ1) is 16.4. The summed E-state index contributed by atoms with van der Waals surface area (Å²) in [5.41, 5.74) is 5.09. The zero-order chi connectivity index (χ0) is 14.8. The monoisotopic (exact) mass is 290 g/mol. The van der Waals surface area contributed by atoms with Crippen molar-refractivity contribution >= 4 is 15.9 Å². The molecule has 1 rings (SSSR count). The fraction of sp³-hybridized carbons (Fsp3) is 0.917. The molecular weight excluding hydrogens is 264 g/mol. The van der Waals surface area contributed by atoms with E-state index >= 15 is 0 Å². The summed E-state index contributed by atoms with van der Waals surface area (Å²) in [5, 5.41) is 7.60. The minimum Gasteiger partial charge on any atom is -0.386 e. The quantitative estimate of drug-likeness (QED) is 0.563. The van der Waals surface area contributed by atoms with E-state index in [0.29, 0.717) is 26.2 Å². The third-order valence-corrected chi connectivity index (χ3v) is 5.87. The third-order valence-electron chi connectivity index (χ3n) is 3.63. The van der Waals surface area contributed by atoms with E-state index in [1.807, 2.05) is 27.7 Å². The lowest BCUT2D eigenvalue weighted by Gasteiger charge is -2.42. The van der Waals surface area contributed by atoms with Gasteiger partial charge in [-0.1, -0.05) is 13.8 Å². The summed E-state index contributed by atoms with van der Waals surface area (Å²) in [6.07, 6.45) is 0. The first-order valence-electron chi connectivity index (χ1n) is 6.64. The van der Waals surface area contributed by atoms with Crippen molar-refractivity contribution in [1.82, 2.24) is 9.21 Å². The molecule has 19 heavy (non-hydrogen) atoms. The average molecular weight is 290 g/mol. The second-order valence-corrected chi connectivity index (χ2v) is 8.04. The van der Waals surface area contributed by atoms with E-state index in [1.54, 1.807) is 4.31 Å². The molecule has 0 aliphatic carbocycles. The number of nitrogens with one attached hydrogen (secondary N) is 1. The van der Waals surface area contributed by atoms with Crippen molar-refractivity contribution in [1.29, 1.82) is 5.41 Å². The van der Waals surface area contributed by atoms with Crippen molar-refractivity contribution in [2.24, 2.45) is 11.7 Å². The molecule has 7 heteroatoms. The molecule has 0 aromatic rings. The maximum absolute atomic E-state index is 12.1. The molecule has 0 bridgehead atoms. The van der Waals surface area contributed by atoms with Gasteiger partial charge in [-0.2, -0.15) is 4.31 Å². The van der Waals surface area contributed by atoms with Gasteiger partial charge in [0.15, 0.2) is 0 Å². The number of sulfonamides is 1. The number of nitrogens with two attached hydrogens (primary N) is 1. The minimum absolute atomic E-state index is 0.117. The van der Waals surface area contributed by atoms with Gasteiger partial charge >= 0.3 is 0 Å².